The van der Waals surface area contributed by atoms with Gasteiger partial charge in [-0.2, -0.15) is 0 Å². The number of amides is 6. The predicted octanol–water partition coefficient (Wildman–Crippen LogP) is 3.91. The Morgan fingerprint density at radius 2 is 1.52 bits per heavy atom. The second-order valence-corrected chi connectivity index (χ2v) is 22.4. The van der Waals surface area contributed by atoms with Crippen LogP contribution in [-0.4, -0.2) is 128 Å². The van der Waals surface area contributed by atoms with Crippen molar-refractivity contribution in [1.29, 1.82) is 0 Å². The highest BCUT2D eigenvalue weighted by Gasteiger charge is 2.48. The summed E-state index contributed by atoms with van der Waals surface area (Å²) in [4.78, 5) is 143. The summed E-state index contributed by atoms with van der Waals surface area (Å²) in [6, 6.07) is 8.88. The Hall–Kier alpha value is -7.20. The van der Waals surface area contributed by atoms with Crippen molar-refractivity contribution in [3.05, 3.63) is 76.3 Å². The zero-order chi connectivity index (χ0) is 59.7. The first-order valence-electron chi connectivity index (χ1n) is 27.4. The van der Waals surface area contributed by atoms with Crippen molar-refractivity contribution in [2.45, 2.75) is 168 Å². The van der Waals surface area contributed by atoms with Crippen LogP contribution in [0.1, 0.15) is 129 Å². The SMILES string of the molecule is CNC(=O)CC[C@H](NC(=O)[C@@H](NC(=O)CCCC(=O)OC1C(=O)CCC1=O)C(C)C)C(=O)NCc1ccc([C@H]2O[C@@H]2[C@@H](C)[C@@H]2C/C=C/C(=O)N[C@H](Cc3ccc(OC)c(Cl)c3)C(=O)NCC(C)(C)C(=O)O[C@@H](CC(C)C)C(=O)O2)cc1. The Kier molecular flexibility index (Phi) is 24.0. The van der Waals surface area contributed by atoms with E-state index >= 15 is 0 Å². The summed E-state index contributed by atoms with van der Waals surface area (Å²) >= 11 is 6.38. The highest BCUT2D eigenvalue weighted by atomic mass is 35.5. The van der Waals surface area contributed by atoms with Crippen LogP contribution in [0.3, 0.4) is 0 Å². The molecule has 0 spiro atoms. The molecule has 22 nitrogen and oxygen atoms in total. The van der Waals surface area contributed by atoms with Gasteiger partial charge in [-0.3, -0.25) is 47.9 Å². The monoisotopic (exact) mass is 1150 g/mol. The molecule has 5 rings (SSSR count). The van der Waals surface area contributed by atoms with Crippen LogP contribution < -0.4 is 36.6 Å². The van der Waals surface area contributed by atoms with Crippen molar-refractivity contribution in [3.63, 3.8) is 0 Å². The van der Waals surface area contributed by atoms with Gasteiger partial charge in [0.15, 0.2) is 17.7 Å². The van der Waals surface area contributed by atoms with Gasteiger partial charge in [-0.05, 0) is 79.8 Å². The maximum Gasteiger partial charge on any atom is 0.347 e. The van der Waals surface area contributed by atoms with E-state index in [1.165, 1.54) is 20.2 Å². The van der Waals surface area contributed by atoms with E-state index < -0.39 is 125 Å². The largest absolute Gasteiger partial charge is 0.495 e. The summed E-state index contributed by atoms with van der Waals surface area (Å²) in [6.45, 7) is 12.0. The molecule has 0 aromatic heterocycles. The minimum absolute atomic E-state index is 0.0121. The molecule has 0 unspecified atom stereocenters. The average molecular weight is 1150 g/mol. The number of epoxide rings is 1. The summed E-state index contributed by atoms with van der Waals surface area (Å²) in [5, 5.41) is 16.5. The number of benzene rings is 2. The number of hydrogen-bond acceptors (Lipinski definition) is 16. The molecule has 0 bridgehead atoms. The summed E-state index contributed by atoms with van der Waals surface area (Å²) < 4.78 is 28.4. The van der Waals surface area contributed by atoms with E-state index in [0.717, 1.165) is 5.56 Å². The molecular formula is C58H77ClN6O16. The Morgan fingerprint density at radius 3 is 2.15 bits per heavy atom. The van der Waals surface area contributed by atoms with E-state index in [2.05, 4.69) is 31.9 Å². The molecule has 2 aromatic rings. The quantitative estimate of drug-likeness (QED) is 0.0398. The zero-order valence-corrected chi connectivity index (χ0v) is 48.2. The molecule has 442 valence electrons. The molecule has 2 aromatic carbocycles. The molecule has 23 heteroatoms. The maximum atomic E-state index is 14.0. The summed E-state index contributed by atoms with van der Waals surface area (Å²) in [5.74, 6) is -7.11. The smallest absolute Gasteiger partial charge is 0.347 e. The van der Waals surface area contributed by atoms with Gasteiger partial charge in [-0.15, -0.1) is 0 Å². The van der Waals surface area contributed by atoms with Gasteiger partial charge in [0, 0.05) is 71.0 Å². The Bertz CT molecular complexity index is 2660. The van der Waals surface area contributed by atoms with E-state index in [4.69, 9.17) is 35.3 Å². The van der Waals surface area contributed by atoms with Crippen molar-refractivity contribution in [2.24, 2.45) is 23.2 Å². The van der Waals surface area contributed by atoms with Gasteiger partial charge in [-0.1, -0.05) is 82.6 Å². The fourth-order valence-corrected chi connectivity index (χ4v) is 9.35. The van der Waals surface area contributed by atoms with Crippen LogP contribution in [0.2, 0.25) is 5.02 Å². The van der Waals surface area contributed by atoms with Gasteiger partial charge in [0.1, 0.15) is 36.1 Å². The van der Waals surface area contributed by atoms with Gasteiger partial charge in [0.2, 0.25) is 41.5 Å². The highest BCUT2D eigenvalue weighted by Crippen LogP contribution is 2.45. The Balaban J connectivity index is 1.23. The van der Waals surface area contributed by atoms with Crippen LogP contribution in [0.25, 0.3) is 0 Å². The van der Waals surface area contributed by atoms with Crippen molar-refractivity contribution in [3.8, 4) is 5.75 Å². The molecule has 2 heterocycles. The second kappa shape index (κ2) is 30.0. The fourth-order valence-electron chi connectivity index (χ4n) is 9.07. The molecule has 2 aliphatic heterocycles. The molecule has 1 aliphatic carbocycles. The number of carbonyl (C=O) groups is 11. The molecule has 3 aliphatic rings. The van der Waals surface area contributed by atoms with Crippen molar-refractivity contribution < 1.29 is 76.4 Å². The third-order valence-electron chi connectivity index (χ3n) is 14.1. The number of halogens is 1. The normalized spacial score (nSPS) is 22.2. The number of ketones is 2. The third kappa shape index (κ3) is 19.5. The maximum absolute atomic E-state index is 14.0. The lowest BCUT2D eigenvalue weighted by molar-refractivity contribution is -0.179. The van der Waals surface area contributed by atoms with E-state index in [1.54, 1.807) is 64.1 Å². The first-order valence-corrected chi connectivity index (χ1v) is 27.7. The Labute approximate surface area is 477 Å². The van der Waals surface area contributed by atoms with Crippen LogP contribution >= 0.6 is 11.6 Å². The molecule has 1 saturated heterocycles. The van der Waals surface area contributed by atoms with Gasteiger partial charge in [0.25, 0.3) is 0 Å². The first-order chi connectivity index (χ1) is 38.3. The number of cyclic esters (lactones) is 2. The van der Waals surface area contributed by atoms with E-state index in [9.17, 15) is 52.7 Å². The average Bonchev–Trinajstić information content (AvgIpc) is 4.35. The van der Waals surface area contributed by atoms with Crippen LogP contribution in [0.4, 0.5) is 0 Å². The van der Waals surface area contributed by atoms with E-state index in [0.29, 0.717) is 21.9 Å². The van der Waals surface area contributed by atoms with Crippen LogP contribution in [0.5, 0.6) is 5.75 Å². The zero-order valence-electron chi connectivity index (χ0n) is 47.4. The number of methoxy groups -OCH3 is 1. The summed E-state index contributed by atoms with van der Waals surface area (Å²) in [5.41, 5.74) is 0.800. The number of ether oxygens (including phenoxy) is 5. The standard InChI is InChI=1S/C58H77ClN6O16/c1-31(2)26-44-56(75)78-42(12-10-13-46(69)63-39(28-35-18-24-43(77-9)37(59)27-35)54(73)62-30-58(6,7)57(76)79-44)33(5)50-51(81-50)36-19-16-34(17-20-36)29-61-53(72)38(21-25-45(68)60-8)64-55(74)49(32(3)4)65-47(70)14-11-15-48(71)80-52-40(66)22-23-41(52)67/h10,13,16-20,24,27,31-33,38-39,42,44,49-52H,11-12,14-15,21-23,25-26,28-30H2,1-9H3,(H,60,68)(H,61,72)(H,62,73)(H,63,69)(H,64,74)(H,65,70)/b13-10+/t33-,38-,39+,42-,44-,49-,50+,51+/m0/s1. The molecule has 6 N–H and O–H groups in total. The summed E-state index contributed by atoms with van der Waals surface area (Å²) in [7, 11) is 2.92. The highest BCUT2D eigenvalue weighted by molar-refractivity contribution is 6.32. The molecular weight excluding hydrogens is 1070 g/mol. The van der Waals surface area contributed by atoms with Gasteiger partial charge in [-0.25, -0.2) is 4.79 Å². The van der Waals surface area contributed by atoms with Crippen molar-refractivity contribution in [2.75, 3.05) is 20.7 Å². The number of Topliss-reactive ketones (excluding diaryl/α,β-unsaturated/α-hetero) is 2. The number of rotatable bonds is 23. The molecule has 6 amide bonds. The minimum Gasteiger partial charge on any atom is -0.495 e. The Morgan fingerprint density at radius 1 is 0.840 bits per heavy atom. The molecule has 2 fully saturated rings. The van der Waals surface area contributed by atoms with Crippen LogP contribution in [0, 0.1) is 23.2 Å². The van der Waals surface area contributed by atoms with Crippen molar-refractivity contribution in [1.82, 2.24) is 31.9 Å². The van der Waals surface area contributed by atoms with Crippen LogP contribution in [0.15, 0.2) is 54.6 Å². The molecule has 0 radical (unpaired) electrons. The van der Waals surface area contributed by atoms with E-state index in [1.807, 2.05) is 32.9 Å². The number of nitrogens with one attached hydrogen (secondary N) is 6. The molecule has 1 saturated carbocycles. The predicted molar refractivity (Wildman–Crippen MR) is 293 cm³/mol. The number of hydrogen-bond donors (Lipinski definition) is 6. The third-order valence-corrected chi connectivity index (χ3v) is 14.4. The number of carbonyl (C=O) groups excluding carboxylic acids is 11. The fraction of sp³-hybridized carbons (Fsp3) is 0.569. The lowest BCUT2D eigenvalue weighted by atomic mass is 9.92. The van der Waals surface area contributed by atoms with Gasteiger partial charge >= 0.3 is 17.9 Å². The van der Waals surface area contributed by atoms with Crippen LogP contribution in [-0.2, 0) is 84.7 Å². The lowest BCUT2D eigenvalue weighted by Crippen LogP contribution is -2.55. The topological polar surface area (TPSA) is 309 Å². The first kappa shape index (κ1) is 64.6. The minimum atomic E-state index is -1.41. The van der Waals surface area contributed by atoms with Crippen molar-refractivity contribution >= 4 is 76.5 Å². The van der Waals surface area contributed by atoms with Gasteiger partial charge in [0.05, 0.1) is 23.7 Å². The molecule has 8 atom stereocenters. The van der Waals surface area contributed by atoms with Gasteiger partial charge < -0.3 is 55.6 Å². The molecule has 81 heavy (non-hydrogen) atoms. The lowest BCUT2D eigenvalue weighted by Gasteiger charge is -2.29. The second-order valence-electron chi connectivity index (χ2n) is 22.0. The number of esters is 3. The summed E-state index contributed by atoms with van der Waals surface area (Å²) in [6.07, 6.45) is -1.89. The van der Waals surface area contributed by atoms with E-state index in [-0.39, 0.29) is 89.1 Å².